The van der Waals surface area contributed by atoms with Gasteiger partial charge in [-0.05, 0) is 67.3 Å². The Labute approximate surface area is 184 Å². The maximum absolute atomic E-state index is 13.5. The summed E-state index contributed by atoms with van der Waals surface area (Å²) in [7, 11) is 0. The van der Waals surface area contributed by atoms with E-state index in [1.54, 1.807) is 0 Å². The summed E-state index contributed by atoms with van der Waals surface area (Å²) in [5.41, 5.74) is 6.08. The molecule has 0 aliphatic carbocycles. The van der Waals surface area contributed by atoms with Crippen LogP contribution in [0.25, 0.3) is 16.7 Å². The summed E-state index contributed by atoms with van der Waals surface area (Å²) >= 11 is 0. The molecule has 1 amide bonds. The summed E-state index contributed by atoms with van der Waals surface area (Å²) in [6, 6.07) is 24.3. The van der Waals surface area contributed by atoms with Crippen LogP contribution in [-0.2, 0) is 6.54 Å². The number of rotatable bonds is 6. The van der Waals surface area contributed by atoms with E-state index in [1.165, 1.54) is 5.56 Å². The molecular weight excluding hydrogens is 382 g/mol. The van der Waals surface area contributed by atoms with Crippen molar-refractivity contribution in [1.82, 2.24) is 14.5 Å². The van der Waals surface area contributed by atoms with E-state index in [9.17, 15) is 4.79 Å². The van der Waals surface area contributed by atoms with Crippen LogP contribution in [0.3, 0.4) is 0 Å². The first kappa shape index (κ1) is 20.9. The van der Waals surface area contributed by atoms with Crippen LogP contribution in [0.2, 0.25) is 0 Å². The van der Waals surface area contributed by atoms with Gasteiger partial charge in [-0.2, -0.15) is 0 Å². The smallest absolute Gasteiger partial charge is 0.254 e. The van der Waals surface area contributed by atoms with Gasteiger partial charge in [0.25, 0.3) is 5.91 Å². The fourth-order valence-corrected chi connectivity index (χ4v) is 3.93. The zero-order chi connectivity index (χ0) is 22.0. The van der Waals surface area contributed by atoms with Gasteiger partial charge in [0.15, 0.2) is 0 Å². The molecule has 0 atom stereocenters. The molecule has 1 aromatic heterocycles. The van der Waals surface area contributed by atoms with Gasteiger partial charge in [-0.3, -0.25) is 9.36 Å². The largest absolute Gasteiger partial charge is 0.331 e. The van der Waals surface area contributed by atoms with Gasteiger partial charge in [0.1, 0.15) is 5.82 Å². The topological polar surface area (TPSA) is 38.1 Å². The van der Waals surface area contributed by atoms with E-state index in [2.05, 4.69) is 43.5 Å². The molecular formula is C27H29N3O. The SMILES string of the molecule is Cc1ccc(C(=O)N(Cc2nc3ccccc3n2-c2ccccc2)CC(C)C)cc1C. The second-order valence-corrected chi connectivity index (χ2v) is 8.57. The summed E-state index contributed by atoms with van der Waals surface area (Å²) in [5.74, 6) is 1.26. The van der Waals surface area contributed by atoms with Crippen molar-refractivity contribution in [3.8, 4) is 5.69 Å². The van der Waals surface area contributed by atoms with Crippen LogP contribution < -0.4 is 0 Å². The Morgan fingerprint density at radius 3 is 2.35 bits per heavy atom. The molecule has 0 fully saturated rings. The summed E-state index contributed by atoms with van der Waals surface area (Å²) in [6.07, 6.45) is 0. The molecule has 0 saturated heterocycles. The van der Waals surface area contributed by atoms with Crippen molar-refractivity contribution in [2.24, 2.45) is 5.92 Å². The van der Waals surface area contributed by atoms with Gasteiger partial charge in [-0.25, -0.2) is 4.98 Å². The van der Waals surface area contributed by atoms with Crippen LogP contribution in [0.5, 0.6) is 0 Å². The Kier molecular flexibility index (Phi) is 5.90. The number of para-hydroxylation sites is 3. The highest BCUT2D eigenvalue weighted by molar-refractivity contribution is 5.94. The normalized spacial score (nSPS) is 11.3. The minimum atomic E-state index is 0.0449. The zero-order valence-corrected chi connectivity index (χ0v) is 18.7. The number of imidazole rings is 1. The lowest BCUT2D eigenvalue weighted by molar-refractivity contribution is 0.0717. The van der Waals surface area contributed by atoms with E-state index < -0.39 is 0 Å². The quantitative estimate of drug-likeness (QED) is 0.394. The summed E-state index contributed by atoms with van der Waals surface area (Å²) in [5, 5.41) is 0. The molecule has 0 N–H and O–H groups in total. The molecule has 0 spiro atoms. The van der Waals surface area contributed by atoms with Gasteiger partial charge >= 0.3 is 0 Å². The first-order valence-electron chi connectivity index (χ1n) is 10.8. The number of benzene rings is 3. The monoisotopic (exact) mass is 411 g/mol. The predicted octanol–water partition coefficient (Wildman–Crippen LogP) is 5.94. The number of carbonyl (C=O) groups is 1. The minimum absolute atomic E-state index is 0.0449. The highest BCUT2D eigenvalue weighted by Gasteiger charge is 2.22. The molecule has 0 bridgehead atoms. The third-order valence-electron chi connectivity index (χ3n) is 5.60. The Hall–Kier alpha value is -3.40. The fraction of sp³-hybridized carbons (Fsp3) is 0.259. The summed E-state index contributed by atoms with van der Waals surface area (Å²) < 4.78 is 2.16. The number of nitrogens with zero attached hydrogens (tertiary/aromatic N) is 3. The molecule has 4 aromatic rings. The van der Waals surface area contributed by atoms with Gasteiger partial charge in [0.2, 0.25) is 0 Å². The zero-order valence-electron chi connectivity index (χ0n) is 18.7. The maximum Gasteiger partial charge on any atom is 0.254 e. The van der Waals surface area contributed by atoms with Crippen molar-refractivity contribution in [3.05, 3.63) is 95.3 Å². The van der Waals surface area contributed by atoms with Crippen molar-refractivity contribution in [1.29, 1.82) is 0 Å². The minimum Gasteiger partial charge on any atom is -0.331 e. The van der Waals surface area contributed by atoms with Crippen LogP contribution in [0, 0.1) is 19.8 Å². The standard InChI is InChI=1S/C27H29N3O/c1-19(2)17-29(27(31)22-15-14-20(3)21(4)16-22)18-26-28-24-12-8-9-13-25(24)30(26)23-10-6-5-7-11-23/h5-16,19H,17-18H2,1-4H3. The number of fused-ring (bicyclic) bond motifs is 1. The Balaban J connectivity index is 1.77. The lowest BCUT2D eigenvalue weighted by Gasteiger charge is -2.25. The van der Waals surface area contributed by atoms with E-state index >= 15 is 0 Å². The molecule has 0 aliphatic rings. The van der Waals surface area contributed by atoms with Gasteiger partial charge in [-0.1, -0.05) is 50.2 Å². The first-order chi connectivity index (χ1) is 14.9. The number of carbonyl (C=O) groups excluding carboxylic acids is 1. The van der Waals surface area contributed by atoms with E-state index in [1.807, 2.05) is 66.4 Å². The van der Waals surface area contributed by atoms with Crippen molar-refractivity contribution in [2.75, 3.05) is 6.54 Å². The van der Waals surface area contributed by atoms with E-state index in [0.717, 1.165) is 33.7 Å². The van der Waals surface area contributed by atoms with Gasteiger partial charge in [0, 0.05) is 17.8 Å². The number of hydrogen-bond donors (Lipinski definition) is 0. The Morgan fingerprint density at radius 2 is 1.65 bits per heavy atom. The van der Waals surface area contributed by atoms with Crippen LogP contribution in [-0.4, -0.2) is 26.9 Å². The van der Waals surface area contributed by atoms with E-state index in [-0.39, 0.29) is 5.91 Å². The van der Waals surface area contributed by atoms with E-state index in [0.29, 0.717) is 19.0 Å². The van der Waals surface area contributed by atoms with Crippen LogP contribution >= 0.6 is 0 Å². The average Bonchev–Trinajstić information content (AvgIpc) is 3.13. The molecule has 158 valence electrons. The Morgan fingerprint density at radius 1 is 0.935 bits per heavy atom. The summed E-state index contributed by atoms with van der Waals surface area (Å²) in [4.78, 5) is 20.3. The molecule has 0 saturated carbocycles. The lowest BCUT2D eigenvalue weighted by Crippen LogP contribution is -2.34. The van der Waals surface area contributed by atoms with E-state index in [4.69, 9.17) is 4.98 Å². The molecule has 4 rings (SSSR count). The highest BCUT2D eigenvalue weighted by atomic mass is 16.2. The average molecular weight is 412 g/mol. The van der Waals surface area contributed by atoms with Crippen molar-refractivity contribution in [2.45, 2.75) is 34.2 Å². The van der Waals surface area contributed by atoms with Crippen LogP contribution in [0.15, 0.2) is 72.8 Å². The highest BCUT2D eigenvalue weighted by Crippen LogP contribution is 2.23. The van der Waals surface area contributed by atoms with Crippen LogP contribution in [0.4, 0.5) is 0 Å². The predicted molar refractivity (Wildman–Crippen MR) is 127 cm³/mol. The molecule has 3 aromatic carbocycles. The van der Waals surface area contributed by atoms with Crippen LogP contribution in [0.1, 0.15) is 41.2 Å². The lowest BCUT2D eigenvalue weighted by atomic mass is 10.0. The number of amides is 1. The second kappa shape index (κ2) is 8.76. The van der Waals surface area contributed by atoms with Gasteiger partial charge < -0.3 is 4.90 Å². The molecule has 31 heavy (non-hydrogen) atoms. The molecule has 4 heteroatoms. The molecule has 0 radical (unpaired) electrons. The van der Waals surface area contributed by atoms with Gasteiger partial charge in [-0.15, -0.1) is 0 Å². The Bertz CT molecular complexity index is 1210. The first-order valence-corrected chi connectivity index (χ1v) is 10.8. The molecule has 1 heterocycles. The number of aryl methyl sites for hydroxylation is 2. The molecule has 4 nitrogen and oxygen atoms in total. The third-order valence-corrected chi connectivity index (χ3v) is 5.60. The van der Waals surface area contributed by atoms with Crippen molar-refractivity contribution >= 4 is 16.9 Å². The maximum atomic E-state index is 13.5. The third kappa shape index (κ3) is 4.38. The molecule has 0 aliphatic heterocycles. The second-order valence-electron chi connectivity index (χ2n) is 8.57. The summed E-state index contributed by atoms with van der Waals surface area (Å²) in [6.45, 7) is 9.52. The number of aromatic nitrogens is 2. The van der Waals surface area contributed by atoms with Gasteiger partial charge in [0.05, 0.1) is 17.6 Å². The molecule has 0 unspecified atom stereocenters. The van der Waals surface area contributed by atoms with Crippen molar-refractivity contribution < 1.29 is 4.79 Å². The van der Waals surface area contributed by atoms with Crippen molar-refractivity contribution in [3.63, 3.8) is 0 Å². The fourth-order valence-electron chi connectivity index (χ4n) is 3.93. The number of hydrogen-bond acceptors (Lipinski definition) is 2.